The van der Waals surface area contributed by atoms with Crippen molar-refractivity contribution in [2.75, 3.05) is 7.11 Å². The molecule has 2 N–H and O–H groups in total. The molecule has 9 heteroatoms. The summed E-state index contributed by atoms with van der Waals surface area (Å²) in [7, 11) is 1.59. The molecule has 0 saturated heterocycles. The molecule has 0 atom stereocenters. The Morgan fingerprint density at radius 2 is 1.69 bits per heavy atom. The van der Waals surface area contributed by atoms with Gasteiger partial charge in [-0.25, -0.2) is 4.98 Å². The number of aromatic nitrogens is 1. The molecule has 0 aliphatic rings. The number of thiazole rings is 1. The van der Waals surface area contributed by atoms with Crippen molar-refractivity contribution in [2.24, 2.45) is 0 Å². The molecule has 2 aromatic heterocycles. The van der Waals surface area contributed by atoms with Gasteiger partial charge in [0.25, 0.3) is 5.91 Å². The van der Waals surface area contributed by atoms with Crippen LogP contribution in [0.1, 0.15) is 26.8 Å². The number of rotatable bonds is 7. The Kier molecular flexibility index (Phi) is 6.47. The summed E-state index contributed by atoms with van der Waals surface area (Å²) in [6.07, 6.45) is 0. The van der Waals surface area contributed by atoms with E-state index in [1.807, 2.05) is 54.6 Å². The van der Waals surface area contributed by atoms with Gasteiger partial charge in [-0.1, -0.05) is 18.2 Å². The van der Waals surface area contributed by atoms with Crippen molar-refractivity contribution < 1.29 is 23.5 Å². The molecule has 0 radical (unpaired) electrons. The van der Waals surface area contributed by atoms with Crippen LogP contribution in [-0.2, 0) is 6.61 Å². The number of nitrogens with zero attached hydrogens (tertiary/aromatic N) is 1. The first kappa shape index (κ1) is 21.1. The third-order valence-corrected chi connectivity index (χ3v) is 5.26. The number of ether oxygens (including phenoxy) is 2. The fourth-order valence-electron chi connectivity index (χ4n) is 2.73. The SMILES string of the molecule is COc1ccc(-c2nc(C(=O)NNC(=O)c3ccc(COc4ccccc4)o3)cs2)cc1. The van der Waals surface area contributed by atoms with Crippen LogP contribution in [0.5, 0.6) is 11.5 Å². The molecule has 0 saturated carbocycles. The molecule has 0 aliphatic heterocycles. The highest BCUT2D eigenvalue weighted by Crippen LogP contribution is 2.25. The highest BCUT2D eigenvalue weighted by molar-refractivity contribution is 7.13. The van der Waals surface area contributed by atoms with Crippen molar-refractivity contribution in [1.29, 1.82) is 0 Å². The van der Waals surface area contributed by atoms with Crippen LogP contribution in [0.15, 0.2) is 76.5 Å². The minimum Gasteiger partial charge on any atom is -0.497 e. The van der Waals surface area contributed by atoms with Crippen molar-refractivity contribution in [3.63, 3.8) is 0 Å². The van der Waals surface area contributed by atoms with Crippen LogP contribution >= 0.6 is 11.3 Å². The van der Waals surface area contributed by atoms with Gasteiger partial charge < -0.3 is 13.9 Å². The number of furan rings is 1. The normalized spacial score (nSPS) is 10.4. The second-order valence-corrected chi connectivity index (χ2v) is 7.40. The Bertz CT molecular complexity index is 1200. The molecule has 2 heterocycles. The van der Waals surface area contributed by atoms with Crippen LogP contribution in [0.2, 0.25) is 0 Å². The summed E-state index contributed by atoms with van der Waals surface area (Å²) in [5, 5.41) is 2.30. The van der Waals surface area contributed by atoms with Gasteiger partial charge in [-0.05, 0) is 48.5 Å². The van der Waals surface area contributed by atoms with Crippen LogP contribution in [0, 0.1) is 0 Å². The number of hydrogen-bond acceptors (Lipinski definition) is 7. The molecule has 162 valence electrons. The number of carbonyl (C=O) groups is 2. The number of hydrogen-bond donors (Lipinski definition) is 2. The number of methoxy groups -OCH3 is 1. The third-order valence-electron chi connectivity index (χ3n) is 4.37. The Labute approximate surface area is 187 Å². The van der Waals surface area contributed by atoms with E-state index in [1.165, 1.54) is 17.4 Å². The van der Waals surface area contributed by atoms with Crippen molar-refractivity contribution in [1.82, 2.24) is 15.8 Å². The van der Waals surface area contributed by atoms with E-state index < -0.39 is 11.8 Å². The molecule has 4 aromatic rings. The van der Waals surface area contributed by atoms with Crippen LogP contribution < -0.4 is 20.3 Å². The van der Waals surface area contributed by atoms with Crippen LogP contribution in [-0.4, -0.2) is 23.9 Å². The first-order chi connectivity index (χ1) is 15.6. The van der Waals surface area contributed by atoms with Gasteiger partial charge >= 0.3 is 5.91 Å². The van der Waals surface area contributed by atoms with Crippen molar-refractivity contribution >= 4 is 23.2 Å². The molecule has 2 aromatic carbocycles. The average Bonchev–Trinajstić information content (AvgIpc) is 3.52. The Balaban J connectivity index is 1.30. The number of benzene rings is 2. The third kappa shape index (κ3) is 5.13. The van der Waals surface area contributed by atoms with Gasteiger partial charge in [0.15, 0.2) is 5.76 Å². The Hall–Kier alpha value is -4.11. The zero-order valence-corrected chi connectivity index (χ0v) is 17.8. The lowest BCUT2D eigenvalue weighted by Gasteiger charge is -2.05. The van der Waals surface area contributed by atoms with Gasteiger partial charge in [0.2, 0.25) is 0 Å². The van der Waals surface area contributed by atoms with Crippen molar-refractivity contribution in [3.8, 4) is 22.1 Å². The quantitative estimate of drug-likeness (QED) is 0.413. The van der Waals surface area contributed by atoms with Crippen molar-refractivity contribution in [3.05, 3.63) is 89.3 Å². The van der Waals surface area contributed by atoms with E-state index in [0.717, 1.165) is 11.3 Å². The number of amides is 2. The molecule has 0 unspecified atom stereocenters. The summed E-state index contributed by atoms with van der Waals surface area (Å²) in [6, 6.07) is 19.8. The highest BCUT2D eigenvalue weighted by Gasteiger charge is 2.16. The van der Waals surface area contributed by atoms with Gasteiger partial charge in [-0.3, -0.25) is 20.4 Å². The van der Waals surface area contributed by atoms with Crippen LogP contribution in [0.3, 0.4) is 0 Å². The molecule has 0 spiro atoms. The lowest BCUT2D eigenvalue weighted by Crippen LogP contribution is -2.41. The summed E-state index contributed by atoms with van der Waals surface area (Å²) in [4.78, 5) is 28.9. The monoisotopic (exact) mass is 449 g/mol. The minimum absolute atomic E-state index is 0.0501. The maximum absolute atomic E-state index is 12.3. The zero-order valence-electron chi connectivity index (χ0n) is 17.0. The smallest absolute Gasteiger partial charge is 0.305 e. The summed E-state index contributed by atoms with van der Waals surface area (Å²) in [5.41, 5.74) is 5.72. The topological polar surface area (TPSA) is 103 Å². The molecule has 0 aliphatic carbocycles. The van der Waals surface area contributed by atoms with E-state index in [4.69, 9.17) is 13.9 Å². The van der Waals surface area contributed by atoms with E-state index in [0.29, 0.717) is 16.5 Å². The van der Waals surface area contributed by atoms with E-state index in [2.05, 4.69) is 15.8 Å². The van der Waals surface area contributed by atoms with Crippen LogP contribution in [0.4, 0.5) is 0 Å². The molecule has 0 bridgehead atoms. The van der Waals surface area contributed by atoms with Crippen molar-refractivity contribution in [2.45, 2.75) is 6.61 Å². The molecule has 2 amide bonds. The predicted molar refractivity (Wildman–Crippen MR) is 119 cm³/mol. The maximum atomic E-state index is 12.3. The Morgan fingerprint density at radius 3 is 2.44 bits per heavy atom. The number of nitrogens with one attached hydrogen (secondary N) is 2. The minimum atomic E-state index is -0.588. The van der Waals surface area contributed by atoms with E-state index in [9.17, 15) is 9.59 Å². The summed E-state index contributed by atoms with van der Waals surface area (Å²) < 4.78 is 16.2. The van der Waals surface area contributed by atoms with Crippen LogP contribution in [0.25, 0.3) is 10.6 Å². The summed E-state index contributed by atoms with van der Waals surface area (Å²) in [5.74, 6) is 0.838. The van der Waals surface area contributed by atoms with E-state index in [-0.39, 0.29) is 18.1 Å². The average molecular weight is 449 g/mol. The van der Waals surface area contributed by atoms with Gasteiger partial charge in [0.1, 0.15) is 34.6 Å². The lowest BCUT2D eigenvalue weighted by molar-refractivity contribution is 0.0826. The number of carbonyl (C=O) groups excluding carboxylic acids is 2. The lowest BCUT2D eigenvalue weighted by atomic mass is 10.2. The molecular weight excluding hydrogens is 430 g/mol. The summed E-state index contributed by atoms with van der Waals surface area (Å²) >= 11 is 1.32. The zero-order chi connectivity index (χ0) is 22.3. The van der Waals surface area contributed by atoms with Gasteiger partial charge in [0.05, 0.1) is 7.11 Å². The molecule has 8 nitrogen and oxygen atoms in total. The largest absolute Gasteiger partial charge is 0.497 e. The first-order valence-electron chi connectivity index (χ1n) is 9.59. The maximum Gasteiger partial charge on any atom is 0.305 e. The molecule has 32 heavy (non-hydrogen) atoms. The van der Waals surface area contributed by atoms with E-state index >= 15 is 0 Å². The fraction of sp³-hybridized carbons (Fsp3) is 0.0870. The number of hydrazine groups is 1. The van der Waals surface area contributed by atoms with Gasteiger partial charge in [0, 0.05) is 10.9 Å². The Morgan fingerprint density at radius 1 is 0.938 bits per heavy atom. The summed E-state index contributed by atoms with van der Waals surface area (Å²) in [6.45, 7) is 0.177. The van der Waals surface area contributed by atoms with E-state index in [1.54, 1.807) is 18.6 Å². The first-order valence-corrected chi connectivity index (χ1v) is 10.5. The standard InChI is InChI=1S/C23H19N3O5S/c1-29-16-9-7-15(8-10-16)23-24-19(14-32-23)21(27)25-26-22(28)20-12-11-18(31-20)13-30-17-5-3-2-4-6-17/h2-12,14H,13H2,1H3,(H,25,27)(H,26,28). The second-order valence-electron chi connectivity index (χ2n) is 6.54. The number of para-hydroxylation sites is 1. The highest BCUT2D eigenvalue weighted by atomic mass is 32.1. The second kappa shape index (κ2) is 9.80. The fourth-order valence-corrected chi connectivity index (χ4v) is 3.54. The molecular formula is C23H19N3O5S. The molecule has 4 rings (SSSR count). The van der Waals surface area contributed by atoms with Gasteiger partial charge in [-0.2, -0.15) is 0 Å². The molecule has 0 fully saturated rings. The van der Waals surface area contributed by atoms with Gasteiger partial charge in [-0.15, -0.1) is 11.3 Å². The predicted octanol–water partition coefficient (Wildman–Crippen LogP) is 4.07.